The van der Waals surface area contributed by atoms with Crippen molar-refractivity contribution < 1.29 is 24.2 Å². The molecule has 0 fully saturated rings. The van der Waals surface area contributed by atoms with Crippen LogP contribution in [0.5, 0.6) is 0 Å². The van der Waals surface area contributed by atoms with Crippen LogP contribution in [0.1, 0.15) is 63.8 Å². The number of hydrogen-bond donors (Lipinski definition) is 0. The van der Waals surface area contributed by atoms with Crippen LogP contribution in [0.4, 0.5) is 0 Å². The number of benzene rings is 6. The molecule has 0 radical (unpaired) electrons. The number of fused-ring (bicyclic) bond motifs is 5. The summed E-state index contributed by atoms with van der Waals surface area (Å²) in [5.41, 5.74) is 5.67. The molecule has 0 aromatic heterocycles. The molecule has 0 amide bonds. The van der Waals surface area contributed by atoms with Crippen molar-refractivity contribution in [2.75, 3.05) is 0 Å². The fourth-order valence-electron chi connectivity index (χ4n) is 6.36. The van der Waals surface area contributed by atoms with E-state index in [4.69, 9.17) is 23.2 Å². The van der Waals surface area contributed by atoms with Gasteiger partial charge in [-0.25, -0.2) is 12.1 Å². The van der Waals surface area contributed by atoms with E-state index < -0.39 is 0 Å². The minimum absolute atomic E-state index is 0.194. The molecule has 0 bridgehead atoms. The van der Waals surface area contributed by atoms with E-state index in [0.717, 1.165) is 20.8 Å². The zero-order valence-corrected chi connectivity index (χ0v) is 33.6. The summed E-state index contributed by atoms with van der Waals surface area (Å²) in [5.74, 6) is 0. The predicted octanol–water partition coefficient (Wildman–Crippen LogP) is 14.1. The summed E-state index contributed by atoms with van der Waals surface area (Å²) < 4.78 is 1.31. The first-order valence-electron chi connectivity index (χ1n) is 17.1. The van der Waals surface area contributed by atoms with E-state index in [0.29, 0.717) is 0 Å². The molecule has 0 aliphatic rings. The van der Waals surface area contributed by atoms with Gasteiger partial charge in [-0.3, -0.25) is 0 Å². The summed E-state index contributed by atoms with van der Waals surface area (Å²) in [6.45, 7) is 13.7. The second kappa shape index (κ2) is 14.9. The van der Waals surface area contributed by atoms with Gasteiger partial charge in [-0.15, -0.1) is 39.7 Å². The molecular formula is C47H42Cl2Zr. The van der Waals surface area contributed by atoms with E-state index in [9.17, 15) is 0 Å². The van der Waals surface area contributed by atoms with E-state index in [1.54, 1.807) is 0 Å². The Morgan fingerprint density at radius 3 is 1.24 bits per heavy atom. The molecule has 0 nitrogen and oxygen atoms in total. The van der Waals surface area contributed by atoms with Crippen molar-refractivity contribution in [3.8, 4) is 0 Å². The molecule has 50 heavy (non-hydrogen) atoms. The first-order valence-corrected chi connectivity index (χ1v) is 19.1. The van der Waals surface area contributed by atoms with Crippen molar-refractivity contribution in [1.29, 1.82) is 0 Å². The predicted molar refractivity (Wildman–Crippen MR) is 218 cm³/mol. The van der Waals surface area contributed by atoms with Crippen molar-refractivity contribution in [3.63, 3.8) is 0 Å². The Kier molecular flexibility index (Phi) is 10.8. The zero-order valence-electron chi connectivity index (χ0n) is 29.6. The number of hydrogen-bond acceptors (Lipinski definition) is 0. The SMILES string of the molecule is CC(C)(C)c1ccc2[cH-]c3ccc(C(C)(C)C)cc3c2c1.Clc1ccc([C](=[Zr+2])c2ccc(Cl)c3ccccc23)c2ccccc12.c1cc[cH-]c1. The summed E-state index contributed by atoms with van der Waals surface area (Å²) in [6, 6.07) is 51.0. The van der Waals surface area contributed by atoms with Crippen LogP contribution in [0, 0.1) is 0 Å². The molecule has 0 saturated carbocycles. The summed E-state index contributed by atoms with van der Waals surface area (Å²) >= 11 is 14.1. The van der Waals surface area contributed by atoms with Crippen molar-refractivity contribution in [1.82, 2.24) is 0 Å². The van der Waals surface area contributed by atoms with Gasteiger partial charge >= 0.3 is 166 Å². The Morgan fingerprint density at radius 2 is 0.880 bits per heavy atom. The molecule has 248 valence electrons. The Labute approximate surface area is 321 Å². The van der Waals surface area contributed by atoms with Crippen LogP contribution < -0.4 is 0 Å². The van der Waals surface area contributed by atoms with Crippen LogP contribution in [0.15, 0.2) is 146 Å². The summed E-state index contributed by atoms with van der Waals surface area (Å²) in [4.78, 5) is 0. The van der Waals surface area contributed by atoms with Gasteiger partial charge in [0.1, 0.15) is 0 Å². The van der Waals surface area contributed by atoms with Gasteiger partial charge in [0, 0.05) is 0 Å². The number of halogens is 2. The number of rotatable bonds is 2. The Hall–Kier alpha value is -3.61. The summed E-state index contributed by atoms with van der Waals surface area (Å²) in [6.07, 6.45) is 0. The molecule has 0 unspecified atom stereocenters. The maximum Gasteiger partial charge on any atom is -0.172 e. The molecule has 3 heteroatoms. The van der Waals surface area contributed by atoms with Crippen LogP contribution in [-0.4, -0.2) is 3.21 Å². The van der Waals surface area contributed by atoms with E-state index >= 15 is 0 Å². The molecule has 0 aliphatic carbocycles. The molecule has 0 spiro atoms. The quantitative estimate of drug-likeness (QED) is 0.154. The molecular weight excluding hydrogens is 727 g/mol. The van der Waals surface area contributed by atoms with Crippen molar-refractivity contribution in [2.24, 2.45) is 0 Å². The van der Waals surface area contributed by atoms with Gasteiger partial charge in [-0.2, -0.15) is 18.2 Å². The van der Waals surface area contributed by atoms with Crippen molar-refractivity contribution in [2.45, 2.75) is 52.4 Å². The molecule has 0 saturated heterocycles. The van der Waals surface area contributed by atoms with Gasteiger partial charge in [-0.05, 0) is 10.8 Å². The minimum Gasteiger partial charge on any atom is -0.214 e. The van der Waals surface area contributed by atoms with Crippen LogP contribution in [-0.2, 0) is 35.1 Å². The maximum atomic E-state index is 6.38. The fourth-order valence-corrected chi connectivity index (χ4v) is 7.89. The molecule has 8 aromatic carbocycles. The molecule has 0 N–H and O–H groups in total. The monoisotopic (exact) mass is 766 g/mol. The van der Waals surface area contributed by atoms with Crippen LogP contribution >= 0.6 is 23.2 Å². The summed E-state index contributed by atoms with van der Waals surface area (Å²) in [7, 11) is 0. The Balaban J connectivity index is 0.000000153. The standard InChI is InChI=1S/C21H12Cl2.C21H25.C5H5.Zr/c22-20-11-9-14(16-5-1-3-7-18(16)20)13-15-10-12-21(23)19-8-4-2-6-17(15)19;1-20(2,3)16-9-7-14-11-15-8-10-17(21(4,5)6)13-19(15)18(14)12-16;1-2-4-5-3-1;/h1-12H;7-13H,1-6H3;1-5H;/q;2*-1;+2. The van der Waals surface area contributed by atoms with E-state index in [1.807, 2.05) is 54.6 Å². The molecule has 8 rings (SSSR count). The normalized spacial score (nSPS) is 11.7. The Morgan fingerprint density at radius 1 is 0.480 bits per heavy atom. The topological polar surface area (TPSA) is 0 Å². The second-order valence-electron chi connectivity index (χ2n) is 14.9. The third-order valence-electron chi connectivity index (χ3n) is 9.28. The van der Waals surface area contributed by atoms with Gasteiger partial charge in [0.15, 0.2) is 0 Å². The fraction of sp³-hybridized carbons (Fsp3) is 0.170. The molecule has 8 aromatic rings. The Bertz CT molecular complexity index is 2260. The largest absolute Gasteiger partial charge is 0.214 e. The first kappa shape index (κ1) is 36.2. The van der Waals surface area contributed by atoms with E-state index in [2.05, 4.69) is 133 Å². The summed E-state index contributed by atoms with van der Waals surface area (Å²) in [5, 5.41) is 11.6. The second-order valence-corrected chi connectivity index (χ2v) is 16.9. The average Bonchev–Trinajstić information content (AvgIpc) is 3.80. The van der Waals surface area contributed by atoms with Crippen LogP contribution in [0.25, 0.3) is 43.1 Å². The molecule has 0 atom stereocenters. The van der Waals surface area contributed by atoms with Crippen molar-refractivity contribution in [3.05, 3.63) is 178 Å². The van der Waals surface area contributed by atoms with E-state index in [-0.39, 0.29) is 10.8 Å². The first-order chi connectivity index (χ1) is 23.8. The van der Waals surface area contributed by atoms with Crippen LogP contribution in [0.2, 0.25) is 10.0 Å². The van der Waals surface area contributed by atoms with Gasteiger partial charge < -0.3 is 0 Å². The van der Waals surface area contributed by atoms with Crippen molar-refractivity contribution >= 4 is 69.5 Å². The van der Waals surface area contributed by atoms with Gasteiger partial charge in [-0.1, -0.05) is 76.9 Å². The smallest absolute Gasteiger partial charge is 0.172 e. The van der Waals surface area contributed by atoms with Gasteiger partial charge in [0.25, 0.3) is 0 Å². The molecule has 0 aliphatic heterocycles. The minimum atomic E-state index is 0.194. The molecule has 0 heterocycles. The third-order valence-corrected chi connectivity index (χ3v) is 11.3. The van der Waals surface area contributed by atoms with Gasteiger partial charge in [0.05, 0.1) is 0 Å². The van der Waals surface area contributed by atoms with Gasteiger partial charge in [0.2, 0.25) is 0 Å². The van der Waals surface area contributed by atoms with E-state index in [1.165, 1.54) is 82.0 Å². The van der Waals surface area contributed by atoms with Crippen LogP contribution in [0.3, 0.4) is 0 Å². The third kappa shape index (κ3) is 7.82. The maximum absolute atomic E-state index is 6.38. The average molecular weight is 769 g/mol. The zero-order chi connectivity index (χ0) is 35.6.